The summed E-state index contributed by atoms with van der Waals surface area (Å²) >= 11 is 0. The fraction of sp³-hybridized carbons (Fsp3) is 0.273. The van der Waals surface area contributed by atoms with Crippen LogP contribution in [0.15, 0.2) is 84.1 Å². The van der Waals surface area contributed by atoms with E-state index in [1.165, 1.54) is 6.07 Å². The third-order valence-corrected chi connectivity index (χ3v) is 7.12. The minimum absolute atomic E-state index is 0.0104. The first-order valence-electron chi connectivity index (χ1n) is 14.1. The van der Waals surface area contributed by atoms with Gasteiger partial charge in [-0.2, -0.15) is 0 Å². The minimum Gasteiger partial charge on any atom is -0.493 e. The van der Waals surface area contributed by atoms with Crippen molar-refractivity contribution in [2.75, 3.05) is 13.2 Å². The van der Waals surface area contributed by atoms with Gasteiger partial charge < -0.3 is 9.84 Å². The van der Waals surface area contributed by atoms with Crippen molar-refractivity contribution in [3.05, 3.63) is 123 Å². The lowest BCUT2D eigenvalue weighted by Crippen LogP contribution is -2.01. The van der Waals surface area contributed by atoms with Crippen molar-refractivity contribution in [1.29, 1.82) is 0 Å². The van der Waals surface area contributed by atoms with E-state index in [1.807, 2.05) is 61.5 Å². The highest BCUT2D eigenvalue weighted by molar-refractivity contribution is 5.63. The Kier molecular flexibility index (Phi) is 9.31. The monoisotopic (exact) mass is 564 g/mol. The fourth-order valence-corrected chi connectivity index (χ4v) is 4.86. The van der Waals surface area contributed by atoms with Gasteiger partial charge in [-0.05, 0) is 48.6 Å². The third-order valence-electron chi connectivity index (χ3n) is 7.12. The molecule has 0 aliphatic carbocycles. The highest BCUT2D eigenvalue weighted by atomic mass is 19.1. The first kappa shape index (κ1) is 28.6. The maximum absolute atomic E-state index is 14.9. The quantitative estimate of drug-likeness (QED) is 0.0677. The molecule has 5 aromatic rings. The number of hydrogen-bond acceptors (Lipinski definition) is 5. The van der Waals surface area contributed by atoms with Crippen molar-refractivity contribution in [2.24, 2.45) is 5.11 Å². The lowest BCUT2D eigenvalue weighted by atomic mass is 10.1. The van der Waals surface area contributed by atoms with Gasteiger partial charge >= 0.3 is 0 Å². The predicted molar refractivity (Wildman–Crippen MR) is 161 cm³/mol. The SMILES string of the molecule is Cc1ccc(-c2cn3c(O)c(Cc4ccc(OCCCCCCN=[N+]=[N-])c(F)c4)nc3c(Cc3ccccc3)n2)cc1. The molecule has 0 unspecified atom stereocenters. The van der Waals surface area contributed by atoms with Gasteiger partial charge in [0.2, 0.25) is 5.88 Å². The van der Waals surface area contributed by atoms with Crippen molar-refractivity contribution in [3.8, 4) is 22.9 Å². The van der Waals surface area contributed by atoms with E-state index in [0.717, 1.165) is 53.8 Å². The summed E-state index contributed by atoms with van der Waals surface area (Å²) < 4.78 is 22.2. The van der Waals surface area contributed by atoms with Crippen molar-refractivity contribution < 1.29 is 14.2 Å². The molecule has 0 bridgehead atoms. The molecular formula is C33H33FN6O2. The van der Waals surface area contributed by atoms with E-state index >= 15 is 0 Å². The normalized spacial score (nSPS) is 11.0. The Labute approximate surface area is 244 Å². The molecule has 0 aliphatic rings. The van der Waals surface area contributed by atoms with Gasteiger partial charge in [0, 0.05) is 36.1 Å². The van der Waals surface area contributed by atoms with Gasteiger partial charge in [-0.3, -0.25) is 4.40 Å². The molecule has 3 aromatic carbocycles. The van der Waals surface area contributed by atoms with E-state index in [0.29, 0.717) is 36.5 Å². The number of unbranched alkanes of at least 4 members (excludes halogenated alkanes) is 3. The van der Waals surface area contributed by atoms with E-state index in [9.17, 15) is 9.50 Å². The Bertz CT molecular complexity index is 1700. The fourth-order valence-electron chi connectivity index (χ4n) is 4.86. The number of aromatic nitrogens is 3. The average molecular weight is 565 g/mol. The number of ether oxygens (including phenoxy) is 1. The molecule has 0 amide bonds. The smallest absolute Gasteiger partial charge is 0.219 e. The van der Waals surface area contributed by atoms with E-state index in [4.69, 9.17) is 20.2 Å². The van der Waals surface area contributed by atoms with Crippen LogP contribution < -0.4 is 4.74 Å². The molecule has 214 valence electrons. The van der Waals surface area contributed by atoms with Crippen LogP contribution in [0.25, 0.3) is 27.3 Å². The molecule has 0 saturated carbocycles. The molecule has 0 spiro atoms. The van der Waals surface area contributed by atoms with Crippen molar-refractivity contribution in [2.45, 2.75) is 45.4 Å². The molecule has 8 nitrogen and oxygen atoms in total. The average Bonchev–Trinajstić information content (AvgIpc) is 3.31. The van der Waals surface area contributed by atoms with Crippen LogP contribution in [-0.2, 0) is 12.8 Å². The maximum Gasteiger partial charge on any atom is 0.219 e. The van der Waals surface area contributed by atoms with E-state index in [2.05, 4.69) is 10.0 Å². The highest BCUT2D eigenvalue weighted by Crippen LogP contribution is 2.29. The summed E-state index contributed by atoms with van der Waals surface area (Å²) in [6.07, 6.45) is 6.07. The molecule has 2 heterocycles. The Balaban J connectivity index is 1.35. The number of nitrogens with zero attached hydrogens (tertiary/aromatic N) is 6. The van der Waals surface area contributed by atoms with E-state index in [-0.39, 0.29) is 18.1 Å². The summed E-state index contributed by atoms with van der Waals surface area (Å²) in [6, 6.07) is 23.0. The van der Waals surface area contributed by atoms with Crippen molar-refractivity contribution in [3.63, 3.8) is 0 Å². The van der Waals surface area contributed by atoms with Crippen LogP contribution in [0.3, 0.4) is 0 Å². The van der Waals surface area contributed by atoms with Crippen LogP contribution in [0.2, 0.25) is 0 Å². The van der Waals surface area contributed by atoms with E-state index < -0.39 is 5.82 Å². The molecule has 1 N–H and O–H groups in total. The summed E-state index contributed by atoms with van der Waals surface area (Å²) in [5.41, 5.74) is 14.7. The lowest BCUT2D eigenvalue weighted by molar-refractivity contribution is 0.290. The summed E-state index contributed by atoms with van der Waals surface area (Å²) in [6.45, 7) is 2.94. The van der Waals surface area contributed by atoms with Crippen LogP contribution in [0, 0.1) is 12.7 Å². The Hall–Kier alpha value is -4.88. The highest BCUT2D eigenvalue weighted by Gasteiger charge is 2.19. The largest absolute Gasteiger partial charge is 0.493 e. The third kappa shape index (κ3) is 7.06. The second kappa shape index (κ2) is 13.7. The molecule has 0 saturated heterocycles. The number of aromatic hydroxyl groups is 1. The summed E-state index contributed by atoms with van der Waals surface area (Å²) in [7, 11) is 0. The maximum atomic E-state index is 14.9. The number of halogens is 1. The van der Waals surface area contributed by atoms with Crippen LogP contribution in [-0.4, -0.2) is 32.6 Å². The molecule has 0 atom stereocenters. The number of aryl methyl sites for hydroxylation is 1. The zero-order valence-electron chi connectivity index (χ0n) is 23.6. The number of imidazole rings is 1. The van der Waals surface area contributed by atoms with Gasteiger partial charge in [-0.25, -0.2) is 14.4 Å². The zero-order chi connectivity index (χ0) is 29.3. The molecule has 9 heteroatoms. The predicted octanol–water partition coefficient (Wildman–Crippen LogP) is 7.98. The molecule has 5 rings (SSSR count). The van der Waals surface area contributed by atoms with Gasteiger partial charge in [0.15, 0.2) is 17.2 Å². The minimum atomic E-state index is -0.452. The van der Waals surface area contributed by atoms with Crippen molar-refractivity contribution in [1.82, 2.24) is 14.4 Å². The summed E-state index contributed by atoms with van der Waals surface area (Å²) in [5.74, 6) is -0.243. The van der Waals surface area contributed by atoms with Gasteiger partial charge in [-0.15, -0.1) is 0 Å². The van der Waals surface area contributed by atoms with Crippen molar-refractivity contribution >= 4 is 5.65 Å². The van der Waals surface area contributed by atoms with Gasteiger partial charge in [0.1, 0.15) is 5.69 Å². The number of hydrogen-bond donors (Lipinski definition) is 1. The number of azide groups is 1. The molecule has 0 radical (unpaired) electrons. The number of rotatable bonds is 13. The van der Waals surface area contributed by atoms with Crippen LogP contribution in [0.4, 0.5) is 4.39 Å². The van der Waals surface area contributed by atoms with Gasteiger partial charge in [-0.1, -0.05) is 84.2 Å². The first-order chi connectivity index (χ1) is 20.5. The standard InChI is InChI=1S/C33H33FN6O2/c1-23-11-14-26(15-12-23)30-22-40-32(28(37-30)20-24-9-5-4-6-10-24)38-29(33(40)41)21-25-13-16-31(27(34)19-25)42-18-8-3-2-7-17-36-39-35/h4-6,9-16,19,22,41H,2-3,7-8,17-18,20-21H2,1H3. The lowest BCUT2D eigenvalue weighted by Gasteiger charge is -2.09. The van der Waals surface area contributed by atoms with Gasteiger partial charge in [0.25, 0.3) is 0 Å². The molecule has 42 heavy (non-hydrogen) atoms. The molecular weight excluding hydrogens is 531 g/mol. The Morgan fingerprint density at radius 1 is 0.905 bits per heavy atom. The molecule has 2 aromatic heterocycles. The van der Waals surface area contributed by atoms with Gasteiger partial charge in [0.05, 0.1) is 18.0 Å². The van der Waals surface area contributed by atoms with Crippen LogP contribution in [0.5, 0.6) is 11.6 Å². The zero-order valence-corrected chi connectivity index (χ0v) is 23.6. The molecule has 0 fully saturated rings. The first-order valence-corrected chi connectivity index (χ1v) is 14.1. The van der Waals surface area contributed by atoms with E-state index in [1.54, 1.807) is 22.7 Å². The number of fused-ring (bicyclic) bond motifs is 1. The molecule has 0 aliphatic heterocycles. The Morgan fingerprint density at radius 2 is 1.67 bits per heavy atom. The topological polar surface area (TPSA) is 108 Å². The van der Waals surface area contributed by atoms with Crippen LogP contribution in [0.1, 0.15) is 53.8 Å². The summed E-state index contributed by atoms with van der Waals surface area (Å²) in [5, 5.41) is 14.8. The second-order valence-electron chi connectivity index (χ2n) is 10.3. The number of benzene rings is 3. The van der Waals surface area contributed by atoms with Crippen LogP contribution >= 0.6 is 0 Å². The summed E-state index contributed by atoms with van der Waals surface area (Å²) in [4.78, 5) is 12.5. The second-order valence-corrected chi connectivity index (χ2v) is 10.3. The Morgan fingerprint density at radius 3 is 2.43 bits per heavy atom.